The van der Waals surface area contributed by atoms with Crippen LogP contribution in [-0.2, 0) is 5.41 Å². The van der Waals surface area contributed by atoms with Crippen LogP contribution in [0.2, 0.25) is 0 Å². The van der Waals surface area contributed by atoms with Gasteiger partial charge < -0.3 is 9.32 Å². The van der Waals surface area contributed by atoms with Crippen LogP contribution in [0, 0.1) is 0 Å². The predicted molar refractivity (Wildman–Crippen MR) is 206 cm³/mol. The summed E-state index contributed by atoms with van der Waals surface area (Å²) >= 11 is 0. The Bertz CT molecular complexity index is 2760. The van der Waals surface area contributed by atoms with Crippen molar-refractivity contribution >= 4 is 60.5 Å². The molecule has 1 aromatic heterocycles. The molecule has 0 amide bonds. The Balaban J connectivity index is 1.33. The maximum Gasteiger partial charge on any atom is 0.145 e. The zero-order valence-corrected chi connectivity index (χ0v) is 27.4. The van der Waals surface area contributed by atoms with Crippen molar-refractivity contribution in [3.63, 3.8) is 0 Å². The fraction of sp³-hybridized carbons (Fsp3) is 0.0638. The first-order valence-electron chi connectivity index (χ1n) is 17.0. The third-order valence-corrected chi connectivity index (χ3v) is 10.6. The molecule has 0 saturated carbocycles. The van der Waals surface area contributed by atoms with Crippen LogP contribution in [0.3, 0.4) is 0 Å². The average molecular weight is 628 g/mol. The number of nitrogens with zero attached hydrogens (tertiary/aromatic N) is 1. The van der Waals surface area contributed by atoms with Gasteiger partial charge >= 0.3 is 0 Å². The summed E-state index contributed by atoms with van der Waals surface area (Å²) in [4.78, 5) is 2.47. The molecule has 0 saturated heterocycles. The van der Waals surface area contributed by atoms with E-state index in [2.05, 4.69) is 183 Å². The molecule has 49 heavy (non-hydrogen) atoms. The summed E-state index contributed by atoms with van der Waals surface area (Å²) in [5.74, 6) is 0. The lowest BCUT2D eigenvalue weighted by Crippen LogP contribution is -2.15. The van der Waals surface area contributed by atoms with Gasteiger partial charge in [0.2, 0.25) is 0 Å². The summed E-state index contributed by atoms with van der Waals surface area (Å²) in [5, 5.41) is 6.95. The van der Waals surface area contributed by atoms with Crippen molar-refractivity contribution in [3.8, 4) is 22.3 Å². The summed E-state index contributed by atoms with van der Waals surface area (Å²) in [6.45, 7) is 4.69. The van der Waals surface area contributed by atoms with E-state index in [0.29, 0.717) is 0 Å². The fourth-order valence-corrected chi connectivity index (χ4v) is 8.33. The first kappa shape index (κ1) is 27.9. The van der Waals surface area contributed by atoms with Gasteiger partial charge in [-0.3, -0.25) is 0 Å². The molecule has 0 radical (unpaired) electrons. The van der Waals surface area contributed by atoms with Crippen molar-refractivity contribution in [3.05, 3.63) is 175 Å². The third kappa shape index (κ3) is 4.07. The van der Waals surface area contributed by atoms with Crippen LogP contribution in [0.25, 0.3) is 65.7 Å². The highest BCUT2D eigenvalue weighted by molar-refractivity contribution is 6.22. The van der Waals surface area contributed by atoms with Crippen LogP contribution >= 0.6 is 0 Å². The monoisotopic (exact) mass is 627 g/mol. The van der Waals surface area contributed by atoms with Crippen LogP contribution < -0.4 is 4.90 Å². The van der Waals surface area contributed by atoms with Crippen LogP contribution in [0.1, 0.15) is 25.0 Å². The van der Waals surface area contributed by atoms with Gasteiger partial charge in [0, 0.05) is 27.4 Å². The fourth-order valence-electron chi connectivity index (χ4n) is 8.33. The van der Waals surface area contributed by atoms with Crippen LogP contribution in [0.5, 0.6) is 0 Å². The predicted octanol–water partition coefficient (Wildman–Crippen LogP) is 13.3. The molecular formula is C47H33NO. The molecule has 1 aliphatic carbocycles. The number of hydrogen-bond donors (Lipinski definition) is 0. The summed E-state index contributed by atoms with van der Waals surface area (Å²) < 4.78 is 6.72. The lowest BCUT2D eigenvalue weighted by molar-refractivity contribution is 0.660. The van der Waals surface area contributed by atoms with E-state index in [1.807, 2.05) is 0 Å². The smallest absolute Gasteiger partial charge is 0.145 e. The Morgan fingerprint density at radius 1 is 0.449 bits per heavy atom. The van der Waals surface area contributed by atoms with Crippen molar-refractivity contribution < 1.29 is 4.42 Å². The normalized spacial score (nSPS) is 13.3. The molecule has 0 unspecified atom stereocenters. The number of anilines is 3. The SMILES string of the molecule is CC1(C)c2ccccc2-c2cc(N(c3ccccc3-c3cccc4ccccc34)c3cc4ccccc4c4oc5ccccc5c34)ccc21. The molecule has 8 aromatic carbocycles. The minimum Gasteiger partial charge on any atom is -0.455 e. The molecule has 0 fully saturated rings. The number of hydrogen-bond acceptors (Lipinski definition) is 2. The number of fused-ring (bicyclic) bond motifs is 9. The van der Waals surface area contributed by atoms with E-state index in [1.54, 1.807) is 0 Å². The molecule has 0 N–H and O–H groups in total. The number of furan rings is 1. The second kappa shape index (κ2) is 10.4. The summed E-state index contributed by atoms with van der Waals surface area (Å²) in [6.07, 6.45) is 0. The van der Waals surface area contributed by atoms with Crippen molar-refractivity contribution in [1.82, 2.24) is 0 Å². The van der Waals surface area contributed by atoms with Gasteiger partial charge in [0.05, 0.1) is 16.8 Å². The van der Waals surface area contributed by atoms with E-state index in [4.69, 9.17) is 4.42 Å². The summed E-state index contributed by atoms with van der Waals surface area (Å²) in [6, 6.07) is 59.5. The molecule has 1 heterocycles. The molecule has 0 bridgehead atoms. The molecule has 10 rings (SSSR count). The van der Waals surface area contributed by atoms with E-state index in [0.717, 1.165) is 49.8 Å². The quantitative estimate of drug-likeness (QED) is 0.193. The first-order chi connectivity index (χ1) is 24.1. The number of benzene rings is 8. The molecule has 0 atom stereocenters. The Hall–Kier alpha value is -6.12. The molecule has 2 heteroatoms. The Morgan fingerprint density at radius 3 is 1.96 bits per heavy atom. The van der Waals surface area contributed by atoms with Gasteiger partial charge in [-0.15, -0.1) is 0 Å². The van der Waals surface area contributed by atoms with E-state index < -0.39 is 0 Å². The lowest BCUT2D eigenvalue weighted by Gasteiger charge is -2.30. The standard InChI is InChI=1S/C47H33NO/c1-47(2)40-23-10-7-19-36(40)39-29-32(26-27-41(39)47)48(42-24-11-8-20-37(42)35-22-13-16-30-14-3-5-17-33(30)35)43-28-31-15-4-6-18-34(31)46-45(43)38-21-9-12-25-44(38)49-46/h3-29H,1-2H3. The maximum absolute atomic E-state index is 6.72. The van der Waals surface area contributed by atoms with Gasteiger partial charge in [-0.2, -0.15) is 0 Å². The van der Waals surface area contributed by atoms with Gasteiger partial charge in [-0.25, -0.2) is 0 Å². The summed E-state index contributed by atoms with van der Waals surface area (Å²) in [7, 11) is 0. The largest absolute Gasteiger partial charge is 0.455 e. The Kier molecular flexibility index (Phi) is 5.95. The van der Waals surface area contributed by atoms with E-state index >= 15 is 0 Å². The summed E-state index contributed by atoms with van der Waals surface area (Å²) in [5.41, 5.74) is 12.8. The molecule has 0 aliphatic heterocycles. The van der Waals surface area contributed by atoms with Gasteiger partial charge in [0.15, 0.2) is 0 Å². The van der Waals surface area contributed by atoms with Crippen molar-refractivity contribution in [2.45, 2.75) is 19.3 Å². The average Bonchev–Trinajstić information content (AvgIpc) is 3.65. The highest BCUT2D eigenvalue weighted by Crippen LogP contribution is 2.53. The van der Waals surface area contributed by atoms with Crippen LogP contribution in [0.4, 0.5) is 17.1 Å². The zero-order valence-electron chi connectivity index (χ0n) is 27.4. The maximum atomic E-state index is 6.72. The molecule has 0 spiro atoms. The van der Waals surface area contributed by atoms with Crippen LogP contribution in [0.15, 0.2) is 168 Å². The second-order valence-corrected chi connectivity index (χ2v) is 13.7. The molecule has 2 nitrogen and oxygen atoms in total. The van der Waals surface area contributed by atoms with Crippen LogP contribution in [-0.4, -0.2) is 0 Å². The third-order valence-electron chi connectivity index (χ3n) is 10.6. The zero-order chi connectivity index (χ0) is 32.7. The number of rotatable bonds is 4. The van der Waals surface area contributed by atoms with E-state index in [9.17, 15) is 0 Å². The highest BCUT2D eigenvalue weighted by atomic mass is 16.3. The molecule has 9 aromatic rings. The van der Waals surface area contributed by atoms with Gasteiger partial charge in [0.25, 0.3) is 0 Å². The van der Waals surface area contributed by atoms with Crippen molar-refractivity contribution in [2.24, 2.45) is 0 Å². The van der Waals surface area contributed by atoms with Crippen molar-refractivity contribution in [1.29, 1.82) is 0 Å². The Labute approximate surface area is 285 Å². The molecule has 232 valence electrons. The van der Waals surface area contributed by atoms with Gasteiger partial charge in [-0.05, 0) is 74.3 Å². The van der Waals surface area contributed by atoms with Crippen molar-refractivity contribution in [2.75, 3.05) is 4.90 Å². The molecule has 1 aliphatic rings. The minimum atomic E-state index is -0.0763. The van der Waals surface area contributed by atoms with Gasteiger partial charge in [-0.1, -0.05) is 147 Å². The second-order valence-electron chi connectivity index (χ2n) is 13.7. The number of para-hydroxylation sites is 2. The lowest BCUT2D eigenvalue weighted by atomic mass is 9.82. The van der Waals surface area contributed by atoms with E-state index in [-0.39, 0.29) is 5.41 Å². The Morgan fingerprint density at radius 2 is 1.08 bits per heavy atom. The highest BCUT2D eigenvalue weighted by Gasteiger charge is 2.36. The molecular weight excluding hydrogens is 595 g/mol. The van der Waals surface area contributed by atoms with Gasteiger partial charge in [0.1, 0.15) is 11.2 Å². The van der Waals surface area contributed by atoms with E-state index in [1.165, 1.54) is 44.2 Å². The minimum absolute atomic E-state index is 0.0763. The first-order valence-corrected chi connectivity index (χ1v) is 17.0. The topological polar surface area (TPSA) is 16.4 Å².